The number of nitrogens with zero attached hydrogens (tertiary/aromatic N) is 2. The Morgan fingerprint density at radius 3 is 2.70 bits per heavy atom. The predicted octanol–water partition coefficient (Wildman–Crippen LogP) is 4.62. The van der Waals surface area contributed by atoms with E-state index in [0.29, 0.717) is 23.7 Å². The van der Waals surface area contributed by atoms with Crippen LogP contribution >= 0.6 is 11.6 Å². The van der Waals surface area contributed by atoms with Gasteiger partial charge in [-0.05, 0) is 44.5 Å². The Morgan fingerprint density at radius 1 is 1.37 bits per heavy atom. The molecule has 0 aliphatic rings. The highest BCUT2D eigenvalue weighted by Gasteiger charge is 2.19. The van der Waals surface area contributed by atoms with E-state index in [2.05, 4.69) is 4.57 Å². The van der Waals surface area contributed by atoms with Crippen molar-refractivity contribution in [3.63, 3.8) is 0 Å². The average molecular weight is 387 g/mol. The summed E-state index contributed by atoms with van der Waals surface area (Å²) in [6, 6.07) is 11.0. The van der Waals surface area contributed by atoms with Crippen molar-refractivity contribution >= 4 is 23.6 Å². The number of methoxy groups -OCH3 is 1. The minimum Gasteiger partial charge on any atom is -0.454 e. The first-order chi connectivity index (χ1) is 12.9. The van der Waals surface area contributed by atoms with Crippen LogP contribution in [-0.4, -0.2) is 24.3 Å². The van der Waals surface area contributed by atoms with Crippen LogP contribution in [0, 0.1) is 25.2 Å². The first kappa shape index (κ1) is 20.8. The van der Waals surface area contributed by atoms with Crippen LogP contribution in [0.1, 0.15) is 35.5 Å². The molecule has 0 bridgehead atoms. The van der Waals surface area contributed by atoms with E-state index < -0.39 is 12.1 Å². The normalized spacial score (nSPS) is 12.5. The second kappa shape index (κ2) is 9.40. The number of esters is 1. The molecule has 0 saturated heterocycles. The fraction of sp³-hybridized carbons (Fsp3) is 0.333. The lowest BCUT2D eigenvalue weighted by atomic mass is 10.1. The minimum atomic E-state index is -0.674. The van der Waals surface area contributed by atoms with Crippen molar-refractivity contribution in [1.82, 2.24) is 4.57 Å². The van der Waals surface area contributed by atoms with Gasteiger partial charge in [-0.15, -0.1) is 0 Å². The zero-order valence-electron chi connectivity index (χ0n) is 16.0. The number of hydrogen-bond acceptors (Lipinski definition) is 4. The number of rotatable bonds is 7. The second-order valence-corrected chi connectivity index (χ2v) is 6.62. The lowest BCUT2D eigenvalue weighted by molar-refractivity contribution is -0.143. The number of nitriles is 1. The summed E-state index contributed by atoms with van der Waals surface area (Å²) in [6.07, 6.45) is 1.00. The van der Waals surface area contributed by atoms with Crippen molar-refractivity contribution in [2.75, 3.05) is 13.7 Å². The van der Waals surface area contributed by atoms with Crippen LogP contribution in [0.5, 0.6) is 0 Å². The van der Waals surface area contributed by atoms with Gasteiger partial charge >= 0.3 is 5.97 Å². The van der Waals surface area contributed by atoms with Crippen molar-refractivity contribution < 1.29 is 14.3 Å². The molecule has 6 heteroatoms. The molecular weight excluding hydrogens is 364 g/mol. The van der Waals surface area contributed by atoms with Crippen LogP contribution in [-0.2, 0) is 20.8 Å². The largest absolute Gasteiger partial charge is 0.454 e. The fourth-order valence-electron chi connectivity index (χ4n) is 2.89. The Bertz CT molecular complexity index is 893. The molecule has 142 valence electrons. The molecule has 0 spiro atoms. The van der Waals surface area contributed by atoms with E-state index in [9.17, 15) is 10.1 Å². The van der Waals surface area contributed by atoms with Gasteiger partial charge in [0.15, 0.2) is 0 Å². The third kappa shape index (κ3) is 5.00. The van der Waals surface area contributed by atoms with Crippen LogP contribution in [0.3, 0.4) is 0 Å². The van der Waals surface area contributed by atoms with E-state index >= 15 is 0 Å². The molecule has 5 nitrogen and oxygen atoms in total. The molecule has 0 N–H and O–H groups in total. The van der Waals surface area contributed by atoms with Crippen molar-refractivity contribution in [2.24, 2.45) is 0 Å². The number of aryl methyl sites for hydroxylation is 1. The summed E-state index contributed by atoms with van der Waals surface area (Å²) in [4.78, 5) is 12.5. The highest BCUT2D eigenvalue weighted by Crippen LogP contribution is 2.26. The van der Waals surface area contributed by atoms with Crippen molar-refractivity contribution in [1.29, 1.82) is 5.26 Å². The van der Waals surface area contributed by atoms with Gasteiger partial charge in [-0.25, -0.2) is 4.79 Å². The van der Waals surface area contributed by atoms with E-state index in [-0.39, 0.29) is 5.57 Å². The zero-order chi connectivity index (χ0) is 20.0. The zero-order valence-corrected chi connectivity index (χ0v) is 16.7. The summed E-state index contributed by atoms with van der Waals surface area (Å²) < 4.78 is 12.7. The summed E-state index contributed by atoms with van der Waals surface area (Å²) in [5.41, 5.74) is 3.45. The third-order valence-electron chi connectivity index (χ3n) is 4.40. The van der Waals surface area contributed by atoms with Gasteiger partial charge in [-0.3, -0.25) is 0 Å². The monoisotopic (exact) mass is 386 g/mol. The van der Waals surface area contributed by atoms with Crippen LogP contribution < -0.4 is 0 Å². The van der Waals surface area contributed by atoms with Gasteiger partial charge in [0.2, 0.25) is 0 Å². The van der Waals surface area contributed by atoms with Gasteiger partial charge in [0, 0.05) is 35.6 Å². The summed E-state index contributed by atoms with van der Waals surface area (Å²) in [5, 5.41) is 9.95. The molecular formula is C21H23ClN2O3. The Balaban J connectivity index is 2.22. The van der Waals surface area contributed by atoms with E-state index in [1.807, 2.05) is 32.0 Å². The Labute approximate surface area is 164 Å². The molecule has 1 aromatic carbocycles. The van der Waals surface area contributed by atoms with Crippen LogP contribution in [0.15, 0.2) is 35.9 Å². The molecule has 0 radical (unpaired) electrons. The topological polar surface area (TPSA) is 64.2 Å². The molecule has 1 aromatic heterocycles. The number of carbonyl (C=O) groups is 1. The first-order valence-corrected chi connectivity index (χ1v) is 8.99. The average Bonchev–Trinajstić information content (AvgIpc) is 2.91. The third-order valence-corrected chi connectivity index (χ3v) is 4.74. The van der Waals surface area contributed by atoms with Gasteiger partial charge in [0.25, 0.3) is 0 Å². The van der Waals surface area contributed by atoms with E-state index in [1.54, 1.807) is 38.3 Å². The predicted molar refractivity (Wildman–Crippen MR) is 105 cm³/mol. The standard InChI is InChI=1S/C21H23ClN2O3/c1-14-11-17(15(2)24(14)9-10-26-4)12-18(13-23)21(25)27-16(3)19-7-5-6-8-20(19)22/h5-8,11-12,16H,9-10H2,1-4H3/b18-12+/t16-/m1/s1. The first-order valence-electron chi connectivity index (χ1n) is 8.61. The fourth-order valence-corrected chi connectivity index (χ4v) is 3.17. The van der Waals surface area contributed by atoms with Crippen molar-refractivity contribution in [3.8, 4) is 6.07 Å². The molecule has 2 rings (SSSR count). The number of carbonyl (C=O) groups excluding carboxylic acids is 1. The molecule has 0 unspecified atom stereocenters. The summed E-state index contributed by atoms with van der Waals surface area (Å²) in [7, 11) is 1.65. The van der Waals surface area contributed by atoms with Crippen LogP contribution in [0.2, 0.25) is 5.02 Å². The van der Waals surface area contributed by atoms with Crippen molar-refractivity contribution in [3.05, 3.63) is 63.4 Å². The van der Waals surface area contributed by atoms with Crippen LogP contribution in [0.4, 0.5) is 0 Å². The SMILES string of the molecule is COCCn1c(C)cc(/C=C(\C#N)C(=O)O[C@H](C)c2ccccc2Cl)c1C. The smallest absolute Gasteiger partial charge is 0.349 e. The molecule has 2 aromatic rings. The minimum absolute atomic E-state index is 0.0547. The number of halogens is 1. The number of benzene rings is 1. The molecule has 1 heterocycles. The van der Waals surface area contributed by atoms with E-state index in [4.69, 9.17) is 21.1 Å². The summed E-state index contributed by atoms with van der Waals surface area (Å²) in [5.74, 6) is -0.674. The summed E-state index contributed by atoms with van der Waals surface area (Å²) >= 11 is 6.14. The quantitative estimate of drug-likeness (QED) is 0.396. The maximum Gasteiger partial charge on any atom is 0.349 e. The number of aromatic nitrogens is 1. The molecule has 0 aliphatic carbocycles. The maximum absolute atomic E-state index is 12.5. The molecule has 0 aliphatic heterocycles. The maximum atomic E-state index is 12.5. The highest BCUT2D eigenvalue weighted by molar-refractivity contribution is 6.31. The van der Waals surface area contributed by atoms with Gasteiger partial charge in [-0.1, -0.05) is 29.8 Å². The van der Waals surface area contributed by atoms with E-state index in [0.717, 1.165) is 17.0 Å². The van der Waals surface area contributed by atoms with Gasteiger partial charge in [0.1, 0.15) is 17.7 Å². The Hall–Kier alpha value is -2.55. The number of ether oxygens (including phenoxy) is 2. The lowest BCUT2D eigenvalue weighted by Gasteiger charge is -2.14. The van der Waals surface area contributed by atoms with Gasteiger partial charge in [0.05, 0.1) is 6.61 Å². The molecule has 0 amide bonds. The molecule has 0 saturated carbocycles. The molecule has 27 heavy (non-hydrogen) atoms. The second-order valence-electron chi connectivity index (χ2n) is 6.21. The van der Waals surface area contributed by atoms with E-state index in [1.165, 1.54) is 0 Å². The number of hydrogen-bond donors (Lipinski definition) is 0. The molecule has 1 atom stereocenters. The molecule has 0 fully saturated rings. The lowest BCUT2D eigenvalue weighted by Crippen LogP contribution is -2.11. The van der Waals surface area contributed by atoms with Gasteiger partial charge < -0.3 is 14.0 Å². The van der Waals surface area contributed by atoms with Crippen LogP contribution in [0.25, 0.3) is 6.08 Å². The highest BCUT2D eigenvalue weighted by atomic mass is 35.5. The van der Waals surface area contributed by atoms with Crippen molar-refractivity contribution in [2.45, 2.75) is 33.4 Å². The van der Waals surface area contributed by atoms with Gasteiger partial charge in [-0.2, -0.15) is 5.26 Å². The summed E-state index contributed by atoms with van der Waals surface area (Å²) in [6.45, 7) is 6.94. The Kier molecular flexibility index (Phi) is 7.23. The Morgan fingerprint density at radius 2 is 2.07 bits per heavy atom.